The van der Waals surface area contributed by atoms with Gasteiger partial charge in [-0.3, -0.25) is 4.79 Å². The number of amides is 2. The minimum atomic E-state index is -0.756. The molecule has 0 aromatic rings. The molecule has 0 spiro atoms. The Bertz CT molecular complexity index is 349. The van der Waals surface area contributed by atoms with Crippen molar-refractivity contribution >= 4 is 23.8 Å². The van der Waals surface area contributed by atoms with E-state index in [0.29, 0.717) is 19.0 Å². The van der Waals surface area contributed by atoms with Crippen LogP contribution >= 0.6 is 11.8 Å². The lowest BCUT2D eigenvalue weighted by atomic mass is 9.76. The molecule has 1 heterocycles. The van der Waals surface area contributed by atoms with Gasteiger partial charge in [0.15, 0.2) is 0 Å². The van der Waals surface area contributed by atoms with Crippen LogP contribution in [0.15, 0.2) is 0 Å². The third-order valence-electron chi connectivity index (χ3n) is 3.97. The van der Waals surface area contributed by atoms with Gasteiger partial charge in [0.05, 0.1) is 0 Å². The standard InChI is InChI=1S/C15H28N2O3S/c1-15(2,3)11(4-5-13(18)19)6-8-16-14(20)17-12-7-9-21-10-12/h11-12H,4-10H2,1-3H3,(H,18,19)(H2,16,17,20). The molecule has 2 atom stereocenters. The maximum Gasteiger partial charge on any atom is 0.315 e. The van der Waals surface area contributed by atoms with Gasteiger partial charge in [-0.1, -0.05) is 20.8 Å². The van der Waals surface area contributed by atoms with Crippen molar-refractivity contribution < 1.29 is 14.7 Å². The Hall–Kier alpha value is -0.910. The largest absolute Gasteiger partial charge is 0.481 e. The van der Waals surface area contributed by atoms with Crippen molar-refractivity contribution in [2.75, 3.05) is 18.1 Å². The predicted molar refractivity (Wildman–Crippen MR) is 86.7 cm³/mol. The van der Waals surface area contributed by atoms with Crippen molar-refractivity contribution in [1.82, 2.24) is 10.6 Å². The number of urea groups is 1. The lowest BCUT2D eigenvalue weighted by molar-refractivity contribution is -0.137. The lowest BCUT2D eigenvalue weighted by Crippen LogP contribution is -2.43. The van der Waals surface area contributed by atoms with Gasteiger partial charge >= 0.3 is 12.0 Å². The Labute approximate surface area is 131 Å². The Morgan fingerprint density at radius 1 is 1.33 bits per heavy atom. The topological polar surface area (TPSA) is 78.4 Å². The molecule has 1 aliphatic rings. The minimum absolute atomic E-state index is 0.0513. The monoisotopic (exact) mass is 316 g/mol. The SMILES string of the molecule is CC(C)(C)C(CCNC(=O)NC1CCSC1)CCC(=O)O. The molecule has 1 saturated heterocycles. The van der Waals surface area contributed by atoms with Crippen LogP contribution < -0.4 is 10.6 Å². The molecule has 3 N–H and O–H groups in total. The molecule has 0 aromatic heterocycles. The minimum Gasteiger partial charge on any atom is -0.481 e. The highest BCUT2D eigenvalue weighted by atomic mass is 32.2. The maximum absolute atomic E-state index is 11.8. The van der Waals surface area contributed by atoms with E-state index in [1.54, 1.807) is 0 Å². The van der Waals surface area contributed by atoms with Gasteiger partial charge in [-0.2, -0.15) is 11.8 Å². The van der Waals surface area contributed by atoms with Crippen molar-refractivity contribution in [2.45, 2.75) is 52.5 Å². The number of hydrogen-bond acceptors (Lipinski definition) is 3. The zero-order valence-corrected chi connectivity index (χ0v) is 14.1. The van der Waals surface area contributed by atoms with Crippen LogP contribution in [0.25, 0.3) is 0 Å². The average molecular weight is 316 g/mol. The zero-order chi connectivity index (χ0) is 15.9. The predicted octanol–water partition coefficient (Wildman–Crippen LogP) is 2.71. The van der Waals surface area contributed by atoms with Crippen LogP contribution in [0, 0.1) is 11.3 Å². The molecule has 122 valence electrons. The van der Waals surface area contributed by atoms with E-state index < -0.39 is 5.97 Å². The highest BCUT2D eigenvalue weighted by Crippen LogP contribution is 2.32. The van der Waals surface area contributed by atoms with Crippen LogP contribution in [-0.2, 0) is 4.79 Å². The van der Waals surface area contributed by atoms with Crippen LogP contribution in [0.4, 0.5) is 4.79 Å². The van der Waals surface area contributed by atoms with Gasteiger partial charge in [-0.05, 0) is 36.3 Å². The van der Waals surface area contributed by atoms with E-state index >= 15 is 0 Å². The van der Waals surface area contributed by atoms with Gasteiger partial charge in [0.2, 0.25) is 0 Å². The first kappa shape index (κ1) is 18.1. The number of carboxylic acids is 1. The maximum atomic E-state index is 11.8. The summed E-state index contributed by atoms with van der Waals surface area (Å²) in [4.78, 5) is 22.5. The summed E-state index contributed by atoms with van der Waals surface area (Å²) in [5, 5.41) is 14.7. The lowest BCUT2D eigenvalue weighted by Gasteiger charge is -2.30. The van der Waals surface area contributed by atoms with Crippen LogP contribution in [0.2, 0.25) is 0 Å². The number of carbonyl (C=O) groups excluding carboxylic acids is 1. The number of nitrogens with one attached hydrogen (secondary N) is 2. The van der Waals surface area contributed by atoms with Crippen LogP contribution in [0.5, 0.6) is 0 Å². The molecule has 0 saturated carbocycles. The van der Waals surface area contributed by atoms with Crippen LogP contribution in [-0.4, -0.2) is 41.2 Å². The summed E-state index contributed by atoms with van der Waals surface area (Å²) in [6.07, 6.45) is 2.69. The summed E-state index contributed by atoms with van der Waals surface area (Å²) < 4.78 is 0. The number of hydrogen-bond donors (Lipinski definition) is 3. The van der Waals surface area contributed by atoms with E-state index in [4.69, 9.17) is 5.11 Å². The van der Waals surface area contributed by atoms with E-state index in [1.807, 2.05) is 11.8 Å². The molecular weight excluding hydrogens is 288 g/mol. The Kier molecular flexibility index (Phi) is 7.35. The molecule has 2 unspecified atom stereocenters. The zero-order valence-electron chi connectivity index (χ0n) is 13.3. The molecule has 1 fully saturated rings. The van der Waals surface area contributed by atoms with Gasteiger partial charge in [-0.25, -0.2) is 4.79 Å². The summed E-state index contributed by atoms with van der Waals surface area (Å²) in [6, 6.07) is 0.189. The first-order valence-electron chi connectivity index (χ1n) is 7.63. The van der Waals surface area contributed by atoms with E-state index in [1.165, 1.54) is 0 Å². The molecule has 21 heavy (non-hydrogen) atoms. The molecule has 5 nitrogen and oxygen atoms in total. The second-order valence-electron chi connectivity index (χ2n) is 6.74. The van der Waals surface area contributed by atoms with Crippen LogP contribution in [0.3, 0.4) is 0 Å². The van der Waals surface area contributed by atoms with Crippen molar-refractivity contribution in [3.05, 3.63) is 0 Å². The van der Waals surface area contributed by atoms with Gasteiger partial charge in [0.25, 0.3) is 0 Å². The Balaban J connectivity index is 2.28. The van der Waals surface area contributed by atoms with Crippen molar-refractivity contribution in [1.29, 1.82) is 0 Å². The van der Waals surface area contributed by atoms with Gasteiger partial charge < -0.3 is 15.7 Å². The fourth-order valence-electron chi connectivity index (χ4n) is 2.55. The third kappa shape index (κ3) is 7.60. The first-order chi connectivity index (χ1) is 9.79. The smallest absolute Gasteiger partial charge is 0.315 e. The second kappa shape index (κ2) is 8.51. The number of thioether (sulfide) groups is 1. The fraction of sp³-hybridized carbons (Fsp3) is 0.867. The molecular formula is C15H28N2O3S. The molecule has 2 amide bonds. The van der Waals surface area contributed by atoms with E-state index in [-0.39, 0.29) is 23.8 Å². The van der Waals surface area contributed by atoms with E-state index in [2.05, 4.69) is 31.4 Å². The number of aliphatic carboxylic acids is 1. The van der Waals surface area contributed by atoms with Crippen LogP contribution in [0.1, 0.15) is 46.5 Å². The fourth-order valence-corrected chi connectivity index (χ4v) is 3.71. The summed E-state index contributed by atoms with van der Waals surface area (Å²) in [7, 11) is 0. The summed E-state index contributed by atoms with van der Waals surface area (Å²) >= 11 is 1.87. The first-order valence-corrected chi connectivity index (χ1v) is 8.78. The molecule has 0 radical (unpaired) electrons. The Morgan fingerprint density at radius 3 is 2.57 bits per heavy atom. The van der Waals surface area contributed by atoms with E-state index in [9.17, 15) is 9.59 Å². The number of rotatable bonds is 7. The molecule has 0 aromatic carbocycles. The number of carbonyl (C=O) groups is 2. The van der Waals surface area contributed by atoms with Crippen molar-refractivity contribution in [2.24, 2.45) is 11.3 Å². The van der Waals surface area contributed by atoms with Crippen molar-refractivity contribution in [3.63, 3.8) is 0 Å². The highest BCUT2D eigenvalue weighted by Gasteiger charge is 2.25. The molecule has 6 heteroatoms. The van der Waals surface area contributed by atoms with Gasteiger partial charge in [-0.15, -0.1) is 0 Å². The molecule has 0 bridgehead atoms. The summed E-state index contributed by atoms with van der Waals surface area (Å²) in [6.45, 7) is 6.95. The van der Waals surface area contributed by atoms with Gasteiger partial charge in [0.1, 0.15) is 0 Å². The van der Waals surface area contributed by atoms with Gasteiger partial charge in [0, 0.05) is 24.8 Å². The molecule has 1 aliphatic heterocycles. The molecule has 0 aliphatic carbocycles. The highest BCUT2D eigenvalue weighted by molar-refractivity contribution is 7.99. The summed E-state index contributed by atoms with van der Waals surface area (Å²) in [5.41, 5.74) is 0.0513. The quantitative estimate of drug-likeness (QED) is 0.675. The summed E-state index contributed by atoms with van der Waals surface area (Å²) in [5.74, 6) is 1.65. The number of carboxylic acid groups (broad SMARTS) is 1. The average Bonchev–Trinajstić information content (AvgIpc) is 2.84. The normalized spacial score (nSPS) is 20.0. The Morgan fingerprint density at radius 2 is 2.05 bits per heavy atom. The second-order valence-corrected chi connectivity index (χ2v) is 7.89. The van der Waals surface area contributed by atoms with Crippen molar-refractivity contribution in [3.8, 4) is 0 Å². The van der Waals surface area contributed by atoms with E-state index in [0.717, 1.165) is 24.3 Å². The molecule has 1 rings (SSSR count). The third-order valence-corrected chi connectivity index (χ3v) is 5.14.